The normalized spacial score (nSPS) is 25.2. The van der Waals surface area contributed by atoms with Crippen LogP contribution in [-0.4, -0.2) is 18.7 Å². The first kappa shape index (κ1) is 10.3. The molecule has 0 aromatic heterocycles. The zero-order chi connectivity index (χ0) is 9.84. The fraction of sp³-hybridized carbons (Fsp3) is 0.700. The van der Waals surface area contributed by atoms with Crippen LogP contribution in [0.25, 0.3) is 0 Å². The topological polar surface area (TPSA) is 35.5 Å². The molecule has 13 heavy (non-hydrogen) atoms. The molecule has 1 unspecified atom stereocenters. The van der Waals surface area contributed by atoms with Crippen molar-refractivity contribution in [3.63, 3.8) is 0 Å². The van der Waals surface area contributed by atoms with Crippen LogP contribution in [0.15, 0.2) is 11.3 Å². The van der Waals surface area contributed by atoms with E-state index in [1.807, 2.05) is 6.92 Å². The largest absolute Gasteiger partial charge is 0.427 e. The van der Waals surface area contributed by atoms with Crippen molar-refractivity contribution < 1.29 is 14.3 Å². The molecule has 0 spiro atoms. The summed E-state index contributed by atoms with van der Waals surface area (Å²) in [6.07, 6.45) is 2.66. The van der Waals surface area contributed by atoms with Gasteiger partial charge in [0.1, 0.15) is 5.76 Å². The number of carbonyl (C=O) groups is 1. The van der Waals surface area contributed by atoms with Crippen LogP contribution < -0.4 is 0 Å². The highest BCUT2D eigenvalue weighted by molar-refractivity contribution is 5.94. The Morgan fingerprint density at radius 1 is 1.54 bits per heavy atom. The highest BCUT2D eigenvalue weighted by atomic mass is 16.6. The van der Waals surface area contributed by atoms with Gasteiger partial charge < -0.3 is 9.47 Å². The van der Waals surface area contributed by atoms with E-state index in [-0.39, 0.29) is 5.97 Å². The molecule has 1 atom stereocenters. The number of ether oxygens (including phenoxy) is 2. The molecule has 3 heteroatoms. The third kappa shape index (κ3) is 2.56. The molecule has 1 saturated heterocycles. The SMILES string of the molecule is CC1CCO1.CCC1=C(C)C(=O)O1. The molecular formula is C10H16O3. The molecule has 2 rings (SSSR count). The fourth-order valence-corrected chi connectivity index (χ4v) is 1.02. The predicted octanol–water partition coefficient (Wildman–Crippen LogP) is 2.02. The molecule has 0 aromatic rings. The summed E-state index contributed by atoms with van der Waals surface area (Å²) in [6.45, 7) is 6.82. The van der Waals surface area contributed by atoms with Crippen LogP contribution >= 0.6 is 0 Å². The first-order valence-electron chi connectivity index (χ1n) is 4.68. The van der Waals surface area contributed by atoms with Crippen LogP contribution in [0, 0.1) is 0 Å². The quantitative estimate of drug-likeness (QED) is 0.585. The molecule has 74 valence electrons. The van der Waals surface area contributed by atoms with Crippen molar-refractivity contribution >= 4 is 5.97 Å². The fourth-order valence-electron chi connectivity index (χ4n) is 1.02. The van der Waals surface area contributed by atoms with Gasteiger partial charge in [0.2, 0.25) is 0 Å². The number of cyclic esters (lactones) is 1. The van der Waals surface area contributed by atoms with Crippen molar-refractivity contribution in [3.8, 4) is 0 Å². The number of allylic oxidation sites excluding steroid dienone is 1. The van der Waals surface area contributed by atoms with Crippen molar-refractivity contribution in [2.45, 2.75) is 39.7 Å². The highest BCUT2D eigenvalue weighted by Crippen LogP contribution is 2.21. The number of esters is 1. The molecule has 2 aliphatic rings. The van der Waals surface area contributed by atoms with Gasteiger partial charge in [-0.1, -0.05) is 6.92 Å². The van der Waals surface area contributed by atoms with E-state index in [1.54, 1.807) is 6.92 Å². The van der Waals surface area contributed by atoms with Gasteiger partial charge in [-0.3, -0.25) is 0 Å². The van der Waals surface area contributed by atoms with Crippen LogP contribution in [0.2, 0.25) is 0 Å². The Morgan fingerprint density at radius 3 is 2.15 bits per heavy atom. The third-order valence-corrected chi connectivity index (χ3v) is 2.19. The summed E-state index contributed by atoms with van der Waals surface area (Å²) < 4.78 is 9.57. The molecule has 0 radical (unpaired) electrons. The molecule has 2 heterocycles. The van der Waals surface area contributed by atoms with Crippen molar-refractivity contribution in [3.05, 3.63) is 11.3 Å². The van der Waals surface area contributed by atoms with Gasteiger partial charge in [0.05, 0.1) is 11.7 Å². The van der Waals surface area contributed by atoms with Crippen LogP contribution in [0.1, 0.15) is 33.6 Å². The van der Waals surface area contributed by atoms with Crippen LogP contribution in [0.3, 0.4) is 0 Å². The standard InChI is InChI=1S/C6H8O2.C4H8O/c1-3-5-4(2)6(7)8-5;1-4-2-3-5-4/h3H2,1-2H3;4H,2-3H2,1H3. The van der Waals surface area contributed by atoms with Gasteiger partial charge in [-0.25, -0.2) is 4.79 Å². The lowest BCUT2D eigenvalue weighted by Crippen LogP contribution is -2.22. The van der Waals surface area contributed by atoms with E-state index in [1.165, 1.54) is 6.42 Å². The molecule has 0 N–H and O–H groups in total. The van der Waals surface area contributed by atoms with Crippen molar-refractivity contribution in [2.24, 2.45) is 0 Å². The molecule has 0 amide bonds. The van der Waals surface area contributed by atoms with Crippen molar-refractivity contribution in [1.82, 2.24) is 0 Å². The lowest BCUT2D eigenvalue weighted by Gasteiger charge is -2.20. The summed E-state index contributed by atoms with van der Waals surface area (Å²) in [6, 6.07) is 0. The molecule has 0 bridgehead atoms. The maximum Gasteiger partial charge on any atom is 0.342 e. The summed E-state index contributed by atoms with van der Waals surface area (Å²) in [4.78, 5) is 10.3. The Kier molecular flexibility index (Phi) is 3.48. The van der Waals surface area contributed by atoms with Gasteiger partial charge in [0, 0.05) is 13.0 Å². The summed E-state index contributed by atoms with van der Waals surface area (Å²) in [5.41, 5.74) is 0.785. The Morgan fingerprint density at radius 2 is 2.08 bits per heavy atom. The van der Waals surface area contributed by atoms with Gasteiger partial charge in [-0.05, 0) is 20.3 Å². The average Bonchev–Trinajstić information content (AvgIpc) is 2.11. The van der Waals surface area contributed by atoms with Crippen LogP contribution in [0.4, 0.5) is 0 Å². The van der Waals surface area contributed by atoms with Gasteiger partial charge in [-0.15, -0.1) is 0 Å². The minimum Gasteiger partial charge on any atom is -0.427 e. The zero-order valence-electron chi connectivity index (χ0n) is 8.42. The summed E-state index contributed by atoms with van der Waals surface area (Å²) >= 11 is 0. The smallest absolute Gasteiger partial charge is 0.342 e. The van der Waals surface area contributed by atoms with Crippen LogP contribution in [0.5, 0.6) is 0 Å². The van der Waals surface area contributed by atoms with Gasteiger partial charge in [0.25, 0.3) is 0 Å². The molecule has 0 saturated carbocycles. The van der Waals surface area contributed by atoms with E-state index in [4.69, 9.17) is 4.74 Å². The Hall–Kier alpha value is -0.830. The lowest BCUT2D eigenvalue weighted by molar-refractivity contribution is -0.140. The Bertz CT molecular complexity index is 226. The Labute approximate surface area is 78.7 Å². The molecule has 2 aliphatic heterocycles. The second kappa shape index (κ2) is 4.42. The van der Waals surface area contributed by atoms with E-state index in [2.05, 4.69) is 11.7 Å². The predicted molar refractivity (Wildman–Crippen MR) is 49.1 cm³/mol. The van der Waals surface area contributed by atoms with Gasteiger partial charge in [-0.2, -0.15) is 0 Å². The van der Waals surface area contributed by atoms with E-state index in [0.717, 1.165) is 24.4 Å². The average molecular weight is 184 g/mol. The minimum absolute atomic E-state index is 0.165. The maximum absolute atomic E-state index is 10.3. The van der Waals surface area contributed by atoms with Crippen molar-refractivity contribution in [2.75, 3.05) is 6.61 Å². The maximum atomic E-state index is 10.3. The molecular weight excluding hydrogens is 168 g/mol. The summed E-state index contributed by atoms with van der Waals surface area (Å²) in [5.74, 6) is 0.678. The van der Waals surface area contributed by atoms with Crippen molar-refractivity contribution in [1.29, 1.82) is 0 Å². The van der Waals surface area contributed by atoms with E-state index in [0.29, 0.717) is 6.10 Å². The van der Waals surface area contributed by atoms with Gasteiger partial charge in [0.15, 0.2) is 0 Å². The van der Waals surface area contributed by atoms with E-state index in [9.17, 15) is 4.79 Å². The summed E-state index contributed by atoms with van der Waals surface area (Å²) in [7, 11) is 0. The summed E-state index contributed by atoms with van der Waals surface area (Å²) in [5, 5.41) is 0. The number of rotatable bonds is 1. The first-order chi connectivity index (χ1) is 6.15. The number of hydrogen-bond donors (Lipinski definition) is 0. The highest BCUT2D eigenvalue weighted by Gasteiger charge is 2.23. The third-order valence-electron chi connectivity index (χ3n) is 2.19. The number of hydrogen-bond acceptors (Lipinski definition) is 3. The number of carbonyl (C=O) groups excluding carboxylic acids is 1. The molecule has 0 aromatic carbocycles. The van der Waals surface area contributed by atoms with Crippen LogP contribution in [-0.2, 0) is 14.3 Å². The second-order valence-electron chi connectivity index (χ2n) is 3.26. The van der Waals surface area contributed by atoms with E-state index < -0.39 is 0 Å². The lowest BCUT2D eigenvalue weighted by atomic mass is 10.1. The van der Waals surface area contributed by atoms with Gasteiger partial charge >= 0.3 is 5.97 Å². The zero-order valence-corrected chi connectivity index (χ0v) is 8.42. The molecule has 1 fully saturated rings. The molecule has 3 nitrogen and oxygen atoms in total. The second-order valence-corrected chi connectivity index (χ2v) is 3.26. The minimum atomic E-state index is -0.165. The van der Waals surface area contributed by atoms with E-state index >= 15 is 0 Å². The Balaban J connectivity index is 0.000000145. The molecule has 0 aliphatic carbocycles. The monoisotopic (exact) mass is 184 g/mol. The first-order valence-corrected chi connectivity index (χ1v) is 4.68.